The third-order valence-electron chi connectivity index (χ3n) is 2.08. The van der Waals surface area contributed by atoms with Crippen LogP contribution in [0.3, 0.4) is 0 Å². The fourth-order valence-corrected chi connectivity index (χ4v) is 1.28. The molecule has 0 aliphatic heterocycles. The van der Waals surface area contributed by atoms with E-state index in [4.69, 9.17) is 20.7 Å². The summed E-state index contributed by atoms with van der Waals surface area (Å²) in [7, 11) is 0. The molecule has 0 fully saturated rings. The van der Waals surface area contributed by atoms with Gasteiger partial charge in [-0.3, -0.25) is 4.79 Å². The Morgan fingerprint density at radius 2 is 1.94 bits per heavy atom. The first-order chi connectivity index (χ1) is 8.00. The summed E-state index contributed by atoms with van der Waals surface area (Å²) in [6.45, 7) is -0.473. The average Bonchev–Trinajstić information content (AvgIpc) is 2.27. The van der Waals surface area contributed by atoms with E-state index in [1.165, 1.54) is 0 Å². The van der Waals surface area contributed by atoms with Gasteiger partial charge < -0.3 is 20.7 Å². The predicted molar refractivity (Wildman–Crippen MR) is 58.9 cm³/mol. The van der Waals surface area contributed by atoms with Crippen LogP contribution >= 0.6 is 0 Å². The first kappa shape index (κ1) is 13.0. The van der Waals surface area contributed by atoms with Gasteiger partial charge in [-0.25, -0.2) is 4.79 Å². The van der Waals surface area contributed by atoms with E-state index in [1.807, 2.05) is 0 Å². The smallest absolute Gasteiger partial charge is 0.341 e. The topological polar surface area (TPSA) is 110 Å². The highest BCUT2D eigenvalue weighted by Gasteiger charge is 2.15. The Hall–Kier alpha value is -2.08. The monoisotopic (exact) mass is 239 g/mol. The molecule has 0 bridgehead atoms. The van der Waals surface area contributed by atoms with Gasteiger partial charge in [0.25, 0.3) is 0 Å². The fourth-order valence-electron chi connectivity index (χ4n) is 1.28. The first-order valence-electron chi connectivity index (χ1n) is 4.91. The predicted octanol–water partition coefficient (Wildman–Crippen LogP) is 0.104. The van der Waals surface area contributed by atoms with E-state index in [0.29, 0.717) is 11.3 Å². The molecular weight excluding hydrogens is 226 g/mol. The quantitative estimate of drug-likeness (QED) is 0.649. The molecule has 0 amide bonds. The summed E-state index contributed by atoms with van der Waals surface area (Å²) in [5.74, 6) is -1.87. The number of rotatable bonds is 6. The van der Waals surface area contributed by atoms with Crippen molar-refractivity contribution >= 4 is 11.9 Å². The molecule has 0 aliphatic carbocycles. The molecule has 0 spiro atoms. The lowest BCUT2D eigenvalue weighted by Gasteiger charge is -2.11. The van der Waals surface area contributed by atoms with Gasteiger partial charge in [-0.15, -0.1) is 0 Å². The van der Waals surface area contributed by atoms with Gasteiger partial charge in [0.05, 0.1) is 0 Å². The highest BCUT2D eigenvalue weighted by Crippen LogP contribution is 2.19. The number of carbonyl (C=O) groups is 2. The van der Waals surface area contributed by atoms with Gasteiger partial charge in [0.1, 0.15) is 11.8 Å². The Morgan fingerprint density at radius 3 is 2.53 bits per heavy atom. The number of carboxylic acid groups (broad SMARTS) is 2. The standard InChI is InChI=1S/C11H13NO5/c12-8(11(15)16)5-7-3-1-2-4-9(7)17-6-10(13)14/h1-4,8H,5-6,12H2,(H,13,14)(H,15,16). The van der Waals surface area contributed by atoms with Gasteiger partial charge in [-0.2, -0.15) is 0 Å². The number of carboxylic acids is 2. The highest BCUT2D eigenvalue weighted by atomic mass is 16.5. The zero-order chi connectivity index (χ0) is 12.8. The molecule has 0 saturated carbocycles. The van der Waals surface area contributed by atoms with E-state index < -0.39 is 24.6 Å². The molecule has 4 N–H and O–H groups in total. The van der Waals surface area contributed by atoms with Crippen LogP contribution in [0.2, 0.25) is 0 Å². The molecule has 6 nitrogen and oxygen atoms in total. The molecule has 6 heteroatoms. The maximum Gasteiger partial charge on any atom is 0.341 e. The number of para-hydroxylation sites is 1. The SMILES string of the molecule is NC(Cc1ccccc1OCC(=O)O)C(=O)O. The minimum atomic E-state index is -1.11. The van der Waals surface area contributed by atoms with Crippen molar-refractivity contribution in [2.75, 3.05) is 6.61 Å². The molecule has 0 aliphatic rings. The molecule has 1 rings (SSSR count). The molecule has 0 aromatic heterocycles. The molecular formula is C11H13NO5. The maximum atomic E-state index is 10.6. The number of hydrogen-bond acceptors (Lipinski definition) is 4. The summed E-state index contributed by atoms with van der Waals surface area (Å²) in [5.41, 5.74) is 5.97. The van der Waals surface area contributed by atoms with Crippen LogP contribution in [0.5, 0.6) is 5.75 Å². The Labute approximate surface area is 97.6 Å². The number of hydrogen-bond donors (Lipinski definition) is 3. The van der Waals surface area contributed by atoms with Crippen LogP contribution in [-0.2, 0) is 16.0 Å². The molecule has 1 aromatic rings. The number of aliphatic carboxylic acids is 2. The lowest BCUT2D eigenvalue weighted by atomic mass is 10.1. The van der Waals surface area contributed by atoms with Crippen LogP contribution in [0.1, 0.15) is 5.56 Å². The molecule has 1 atom stereocenters. The normalized spacial score (nSPS) is 11.8. The van der Waals surface area contributed by atoms with E-state index in [9.17, 15) is 9.59 Å². The van der Waals surface area contributed by atoms with Crippen LogP contribution in [0.4, 0.5) is 0 Å². The summed E-state index contributed by atoms with van der Waals surface area (Å²) < 4.78 is 5.03. The van der Waals surface area contributed by atoms with Crippen molar-refractivity contribution in [3.8, 4) is 5.75 Å². The maximum absolute atomic E-state index is 10.6. The van der Waals surface area contributed by atoms with Crippen molar-refractivity contribution in [1.82, 2.24) is 0 Å². The van der Waals surface area contributed by atoms with Gasteiger partial charge in [0.15, 0.2) is 6.61 Å². The summed E-state index contributed by atoms with van der Waals surface area (Å²) in [4.78, 5) is 21.0. The van der Waals surface area contributed by atoms with Crippen molar-refractivity contribution in [2.24, 2.45) is 5.73 Å². The molecule has 92 valence electrons. The summed E-state index contributed by atoms with van der Waals surface area (Å²) in [5, 5.41) is 17.2. The van der Waals surface area contributed by atoms with Crippen molar-refractivity contribution in [3.05, 3.63) is 29.8 Å². The van der Waals surface area contributed by atoms with Gasteiger partial charge in [-0.1, -0.05) is 18.2 Å². The van der Waals surface area contributed by atoms with Crippen LogP contribution in [0.15, 0.2) is 24.3 Å². The zero-order valence-electron chi connectivity index (χ0n) is 9.00. The van der Waals surface area contributed by atoms with E-state index >= 15 is 0 Å². The van der Waals surface area contributed by atoms with Crippen LogP contribution < -0.4 is 10.5 Å². The van der Waals surface area contributed by atoms with E-state index in [1.54, 1.807) is 24.3 Å². The Kier molecular flexibility index (Phi) is 4.47. The lowest BCUT2D eigenvalue weighted by Crippen LogP contribution is -2.32. The summed E-state index contributed by atoms with van der Waals surface area (Å²) >= 11 is 0. The second-order valence-corrected chi connectivity index (χ2v) is 3.44. The average molecular weight is 239 g/mol. The molecule has 0 saturated heterocycles. The zero-order valence-corrected chi connectivity index (χ0v) is 9.00. The minimum absolute atomic E-state index is 0.0884. The molecule has 17 heavy (non-hydrogen) atoms. The summed E-state index contributed by atoms with van der Waals surface area (Å²) in [6, 6.07) is 5.57. The first-order valence-corrected chi connectivity index (χ1v) is 4.91. The van der Waals surface area contributed by atoms with Gasteiger partial charge in [0, 0.05) is 6.42 Å². The second-order valence-electron chi connectivity index (χ2n) is 3.44. The van der Waals surface area contributed by atoms with Gasteiger partial charge in [-0.05, 0) is 11.6 Å². The molecule has 0 radical (unpaired) electrons. The van der Waals surface area contributed by atoms with Crippen molar-refractivity contribution < 1.29 is 24.5 Å². The Balaban J connectivity index is 2.77. The third-order valence-corrected chi connectivity index (χ3v) is 2.08. The molecule has 1 unspecified atom stereocenters. The van der Waals surface area contributed by atoms with E-state index in [0.717, 1.165) is 0 Å². The second kappa shape index (κ2) is 5.86. The largest absolute Gasteiger partial charge is 0.482 e. The molecule has 0 heterocycles. The Morgan fingerprint density at radius 1 is 1.29 bits per heavy atom. The third kappa shape index (κ3) is 4.12. The van der Waals surface area contributed by atoms with Crippen molar-refractivity contribution in [2.45, 2.75) is 12.5 Å². The highest BCUT2D eigenvalue weighted by molar-refractivity contribution is 5.73. The van der Waals surface area contributed by atoms with Crippen molar-refractivity contribution in [1.29, 1.82) is 0 Å². The fraction of sp³-hybridized carbons (Fsp3) is 0.273. The van der Waals surface area contributed by atoms with Gasteiger partial charge >= 0.3 is 11.9 Å². The van der Waals surface area contributed by atoms with Gasteiger partial charge in [0.2, 0.25) is 0 Å². The van der Waals surface area contributed by atoms with E-state index in [2.05, 4.69) is 0 Å². The van der Waals surface area contributed by atoms with E-state index in [-0.39, 0.29) is 6.42 Å². The van der Waals surface area contributed by atoms with Crippen LogP contribution in [0, 0.1) is 0 Å². The number of nitrogens with two attached hydrogens (primary N) is 1. The van der Waals surface area contributed by atoms with Crippen molar-refractivity contribution in [3.63, 3.8) is 0 Å². The van der Waals surface area contributed by atoms with Crippen LogP contribution in [-0.4, -0.2) is 34.8 Å². The number of benzene rings is 1. The summed E-state index contributed by atoms with van der Waals surface area (Å²) in [6.07, 6.45) is 0.0884. The van der Waals surface area contributed by atoms with Crippen LogP contribution in [0.25, 0.3) is 0 Å². The molecule has 1 aromatic carbocycles. The Bertz CT molecular complexity index is 418. The lowest BCUT2D eigenvalue weighted by molar-refractivity contribution is -0.140. The minimum Gasteiger partial charge on any atom is -0.482 e. The number of ether oxygens (including phenoxy) is 1.